The summed E-state index contributed by atoms with van der Waals surface area (Å²) in [4.78, 5) is 12.2. The fourth-order valence-corrected chi connectivity index (χ4v) is 6.62. The minimum atomic E-state index is -0.654. The van der Waals surface area contributed by atoms with Crippen molar-refractivity contribution in [1.29, 1.82) is 0 Å². The van der Waals surface area contributed by atoms with E-state index in [4.69, 9.17) is 0 Å². The van der Waals surface area contributed by atoms with E-state index in [1.807, 2.05) is 0 Å². The second-order valence-electron chi connectivity index (χ2n) is 15.1. The van der Waals surface area contributed by atoms with E-state index in [2.05, 4.69) is 79.9 Å². The van der Waals surface area contributed by atoms with Crippen LogP contribution in [0, 0.1) is 0 Å². The molecule has 3 N–H and O–H groups in total. The normalized spacial score (nSPS) is 13.5. The van der Waals surface area contributed by atoms with Gasteiger partial charge in [0.25, 0.3) is 0 Å². The largest absolute Gasteiger partial charge is 0.394 e. The van der Waals surface area contributed by atoms with Crippen molar-refractivity contribution >= 4 is 5.91 Å². The monoisotopic (exact) mass is 726 g/mol. The molecule has 2 atom stereocenters. The third kappa shape index (κ3) is 39.3. The van der Waals surface area contributed by atoms with Gasteiger partial charge in [0.15, 0.2) is 0 Å². The number of carbonyl (C=O) groups excluding carboxylic acids is 1. The number of nitrogens with one attached hydrogen (secondary N) is 1. The van der Waals surface area contributed by atoms with Crippen LogP contribution in [-0.4, -0.2) is 34.9 Å². The molecule has 4 heteroatoms. The van der Waals surface area contributed by atoms with Crippen LogP contribution < -0.4 is 5.32 Å². The Balaban J connectivity index is 3.33. The Labute approximate surface area is 324 Å². The van der Waals surface area contributed by atoms with Crippen molar-refractivity contribution < 1.29 is 15.0 Å². The van der Waals surface area contributed by atoms with Crippen LogP contribution in [0.5, 0.6) is 0 Å². The van der Waals surface area contributed by atoms with Gasteiger partial charge in [-0.1, -0.05) is 216 Å². The van der Waals surface area contributed by atoms with Gasteiger partial charge in [-0.25, -0.2) is 0 Å². The summed E-state index contributed by atoms with van der Waals surface area (Å²) in [6, 6.07) is -0.530. The van der Waals surface area contributed by atoms with Crippen LogP contribution in [0.3, 0.4) is 0 Å². The zero-order chi connectivity index (χ0) is 37.8. The van der Waals surface area contributed by atoms with Crippen LogP contribution in [0.25, 0.3) is 0 Å². The Morgan fingerprint density at radius 1 is 0.481 bits per heavy atom. The minimum absolute atomic E-state index is 0.0425. The first-order valence-corrected chi connectivity index (χ1v) is 22.5. The third-order valence-corrected chi connectivity index (χ3v) is 10.0. The number of aliphatic hydroxyl groups excluding tert-OH is 2. The second-order valence-corrected chi connectivity index (χ2v) is 15.1. The summed E-state index contributed by atoms with van der Waals surface area (Å²) in [7, 11) is 0. The van der Waals surface area contributed by atoms with E-state index in [0.29, 0.717) is 12.8 Å². The zero-order valence-corrected chi connectivity index (χ0v) is 34.6. The topological polar surface area (TPSA) is 69.6 Å². The molecule has 0 aliphatic heterocycles. The van der Waals surface area contributed by atoms with Gasteiger partial charge in [0, 0.05) is 6.42 Å². The van der Waals surface area contributed by atoms with E-state index >= 15 is 0 Å². The number of amides is 1. The predicted octanol–water partition coefficient (Wildman–Crippen LogP) is 14.1. The van der Waals surface area contributed by atoms with Gasteiger partial charge in [-0.05, 0) is 57.8 Å². The molecule has 0 aromatic carbocycles. The third-order valence-electron chi connectivity index (χ3n) is 10.0. The van der Waals surface area contributed by atoms with Gasteiger partial charge in [0.1, 0.15) is 0 Å². The maximum absolute atomic E-state index is 12.2. The average molecular weight is 726 g/mol. The smallest absolute Gasteiger partial charge is 0.220 e. The Morgan fingerprint density at radius 3 is 1.23 bits per heavy atom. The number of allylic oxidation sites excluding steroid dienone is 10. The van der Waals surface area contributed by atoms with E-state index in [0.717, 1.165) is 64.2 Å². The van der Waals surface area contributed by atoms with Crippen molar-refractivity contribution in [3.63, 3.8) is 0 Å². The van der Waals surface area contributed by atoms with Crippen LogP contribution in [0.15, 0.2) is 60.8 Å². The lowest BCUT2D eigenvalue weighted by Gasteiger charge is -2.22. The molecule has 1 amide bonds. The Bertz CT molecular complexity index is 873. The lowest BCUT2D eigenvalue weighted by Crippen LogP contribution is -2.45. The number of hydrogen-bond donors (Lipinski definition) is 3. The molecule has 0 bridgehead atoms. The first-order chi connectivity index (χ1) is 25.7. The summed E-state index contributed by atoms with van der Waals surface area (Å²) in [5.74, 6) is -0.0425. The standard InChI is InChI=1S/C48H87NO3/c1-3-5-7-8-9-10-11-12-13-14-15-16-17-18-19-20-21-22-23-24-25-26-27-28-29-30-31-32-33-34-35-36-37-38-39-40-42-44-48(52)49-46(45-50)47(51)43-41-6-4-2/h5,7,9-10,12-13,15-16,18-19,46-47,50-51H,3-4,6,8,11,14,17,20-45H2,1-2H3,(H,49,52)/b7-5-,10-9-,13-12-,16-15-,19-18-. The maximum atomic E-state index is 12.2. The average Bonchev–Trinajstić information content (AvgIpc) is 3.15. The van der Waals surface area contributed by atoms with Crippen molar-refractivity contribution in [2.45, 2.75) is 231 Å². The summed E-state index contributed by atoms with van der Waals surface area (Å²) in [5, 5.41) is 22.6. The molecule has 0 heterocycles. The molecule has 0 radical (unpaired) electrons. The quantitative estimate of drug-likeness (QED) is 0.0435. The highest BCUT2D eigenvalue weighted by Gasteiger charge is 2.19. The maximum Gasteiger partial charge on any atom is 0.220 e. The highest BCUT2D eigenvalue weighted by atomic mass is 16.3. The fourth-order valence-electron chi connectivity index (χ4n) is 6.62. The predicted molar refractivity (Wildman–Crippen MR) is 230 cm³/mol. The SMILES string of the molecule is CC/C=C\C/C=C\C/C=C\C/C=C\C/C=C\CCCCCCCCCCCCCCCCCCCCCCCC(=O)NC(CO)C(O)CCCCC. The number of carbonyl (C=O) groups is 1. The van der Waals surface area contributed by atoms with Gasteiger partial charge in [0.05, 0.1) is 18.8 Å². The summed E-state index contributed by atoms with van der Waals surface area (Å²) >= 11 is 0. The van der Waals surface area contributed by atoms with Gasteiger partial charge in [-0.2, -0.15) is 0 Å². The van der Waals surface area contributed by atoms with Crippen molar-refractivity contribution in [3.8, 4) is 0 Å². The van der Waals surface area contributed by atoms with Gasteiger partial charge < -0.3 is 15.5 Å². The summed E-state index contributed by atoms with van der Waals surface area (Å²) < 4.78 is 0. The highest BCUT2D eigenvalue weighted by molar-refractivity contribution is 5.76. The molecule has 0 aromatic heterocycles. The van der Waals surface area contributed by atoms with Crippen LogP contribution in [-0.2, 0) is 4.79 Å². The summed E-state index contributed by atoms with van der Waals surface area (Å²) in [6.07, 6.45) is 61.1. The molecule has 0 aromatic rings. The molecule has 52 heavy (non-hydrogen) atoms. The summed E-state index contributed by atoms with van der Waals surface area (Å²) in [6.45, 7) is 4.10. The van der Waals surface area contributed by atoms with E-state index < -0.39 is 12.1 Å². The number of hydrogen-bond acceptors (Lipinski definition) is 3. The highest BCUT2D eigenvalue weighted by Crippen LogP contribution is 2.16. The van der Waals surface area contributed by atoms with E-state index in [1.54, 1.807) is 0 Å². The summed E-state index contributed by atoms with van der Waals surface area (Å²) in [5.41, 5.74) is 0. The first-order valence-electron chi connectivity index (χ1n) is 22.5. The van der Waals surface area contributed by atoms with Crippen LogP contribution >= 0.6 is 0 Å². The molecule has 0 saturated heterocycles. The Kier molecular flexibility index (Phi) is 41.9. The fraction of sp³-hybridized carbons (Fsp3) is 0.771. The van der Waals surface area contributed by atoms with E-state index in [-0.39, 0.29) is 12.5 Å². The van der Waals surface area contributed by atoms with Gasteiger partial charge in [-0.15, -0.1) is 0 Å². The van der Waals surface area contributed by atoms with E-state index in [1.165, 1.54) is 128 Å². The second kappa shape index (κ2) is 43.5. The van der Waals surface area contributed by atoms with Crippen LogP contribution in [0.4, 0.5) is 0 Å². The Morgan fingerprint density at radius 2 is 0.846 bits per heavy atom. The van der Waals surface area contributed by atoms with Crippen molar-refractivity contribution in [2.75, 3.05) is 6.61 Å². The molecule has 0 fully saturated rings. The number of unbranched alkanes of at least 4 members (excludes halogenated alkanes) is 23. The van der Waals surface area contributed by atoms with Crippen LogP contribution in [0.1, 0.15) is 219 Å². The van der Waals surface area contributed by atoms with Crippen LogP contribution in [0.2, 0.25) is 0 Å². The van der Waals surface area contributed by atoms with E-state index in [9.17, 15) is 15.0 Å². The van der Waals surface area contributed by atoms with Gasteiger partial charge in [-0.3, -0.25) is 4.79 Å². The van der Waals surface area contributed by atoms with Gasteiger partial charge in [0.2, 0.25) is 5.91 Å². The molecule has 2 unspecified atom stereocenters. The molecular weight excluding hydrogens is 639 g/mol. The molecule has 302 valence electrons. The Hall–Kier alpha value is -1.91. The van der Waals surface area contributed by atoms with Crippen molar-refractivity contribution in [3.05, 3.63) is 60.8 Å². The minimum Gasteiger partial charge on any atom is -0.394 e. The number of aliphatic hydroxyl groups is 2. The molecular formula is C48H87NO3. The molecule has 0 aliphatic rings. The zero-order valence-electron chi connectivity index (χ0n) is 34.6. The lowest BCUT2D eigenvalue weighted by molar-refractivity contribution is -0.123. The molecule has 4 nitrogen and oxygen atoms in total. The molecule has 0 aliphatic carbocycles. The first kappa shape index (κ1) is 50.1. The van der Waals surface area contributed by atoms with Crippen molar-refractivity contribution in [1.82, 2.24) is 5.32 Å². The van der Waals surface area contributed by atoms with Gasteiger partial charge >= 0.3 is 0 Å². The van der Waals surface area contributed by atoms with Crippen molar-refractivity contribution in [2.24, 2.45) is 0 Å². The molecule has 0 saturated carbocycles. The molecule has 0 rings (SSSR count). The number of rotatable bonds is 40. The lowest BCUT2D eigenvalue weighted by atomic mass is 10.0. The molecule has 0 spiro atoms.